The molecule has 4 heteroatoms. The van der Waals surface area contributed by atoms with Crippen LogP contribution in [-0.4, -0.2) is 18.7 Å². The van der Waals surface area contributed by atoms with Crippen molar-refractivity contribution in [2.75, 3.05) is 7.11 Å². The van der Waals surface area contributed by atoms with Crippen molar-refractivity contribution in [3.63, 3.8) is 0 Å². The lowest BCUT2D eigenvalue weighted by atomic mass is 9.79. The SMILES string of the molecule is COC(=O)C1(c2ccc(OC(C)(C)C)c(Cl)c2)CCCC1. The fourth-order valence-electron chi connectivity index (χ4n) is 3.00. The first-order valence-electron chi connectivity index (χ1n) is 7.36. The summed E-state index contributed by atoms with van der Waals surface area (Å²) in [6.45, 7) is 5.93. The van der Waals surface area contributed by atoms with Gasteiger partial charge in [0.2, 0.25) is 0 Å². The van der Waals surface area contributed by atoms with Crippen LogP contribution in [0, 0.1) is 0 Å². The number of esters is 1. The van der Waals surface area contributed by atoms with Crippen LogP contribution < -0.4 is 4.74 Å². The first-order chi connectivity index (χ1) is 9.78. The van der Waals surface area contributed by atoms with Crippen LogP contribution in [0.5, 0.6) is 5.75 Å². The Morgan fingerprint density at radius 3 is 2.33 bits per heavy atom. The van der Waals surface area contributed by atoms with Gasteiger partial charge in [-0.25, -0.2) is 0 Å². The molecule has 0 bridgehead atoms. The van der Waals surface area contributed by atoms with Gasteiger partial charge in [0, 0.05) is 0 Å². The van der Waals surface area contributed by atoms with Crippen LogP contribution >= 0.6 is 11.6 Å². The van der Waals surface area contributed by atoms with E-state index in [0.717, 1.165) is 31.2 Å². The zero-order valence-corrected chi connectivity index (χ0v) is 13.9. The number of ether oxygens (including phenoxy) is 2. The molecule has 0 amide bonds. The zero-order chi connectivity index (χ0) is 15.7. The molecule has 3 nitrogen and oxygen atoms in total. The Balaban J connectivity index is 2.36. The topological polar surface area (TPSA) is 35.5 Å². The average Bonchev–Trinajstić information content (AvgIpc) is 2.89. The Hall–Kier alpha value is -1.22. The summed E-state index contributed by atoms with van der Waals surface area (Å²) in [6.07, 6.45) is 3.70. The lowest BCUT2D eigenvalue weighted by molar-refractivity contribution is -0.147. The summed E-state index contributed by atoms with van der Waals surface area (Å²) < 4.78 is 10.9. The molecule has 2 rings (SSSR count). The van der Waals surface area contributed by atoms with E-state index in [-0.39, 0.29) is 11.6 Å². The van der Waals surface area contributed by atoms with Gasteiger partial charge in [0.15, 0.2) is 0 Å². The molecule has 21 heavy (non-hydrogen) atoms. The molecule has 0 unspecified atom stereocenters. The van der Waals surface area contributed by atoms with Crippen molar-refractivity contribution in [1.29, 1.82) is 0 Å². The van der Waals surface area contributed by atoms with E-state index < -0.39 is 5.41 Å². The van der Waals surface area contributed by atoms with E-state index >= 15 is 0 Å². The highest BCUT2D eigenvalue weighted by atomic mass is 35.5. The Kier molecular flexibility index (Phi) is 4.52. The van der Waals surface area contributed by atoms with Gasteiger partial charge in [-0.1, -0.05) is 30.5 Å². The van der Waals surface area contributed by atoms with E-state index in [1.165, 1.54) is 7.11 Å². The Morgan fingerprint density at radius 2 is 1.86 bits per heavy atom. The van der Waals surface area contributed by atoms with Gasteiger partial charge < -0.3 is 9.47 Å². The van der Waals surface area contributed by atoms with Crippen molar-refractivity contribution in [3.8, 4) is 5.75 Å². The van der Waals surface area contributed by atoms with Crippen LogP contribution in [-0.2, 0) is 14.9 Å². The van der Waals surface area contributed by atoms with Crippen LogP contribution in [0.1, 0.15) is 52.0 Å². The van der Waals surface area contributed by atoms with Crippen molar-refractivity contribution in [3.05, 3.63) is 28.8 Å². The van der Waals surface area contributed by atoms with Crippen molar-refractivity contribution in [1.82, 2.24) is 0 Å². The Morgan fingerprint density at radius 1 is 1.24 bits per heavy atom. The molecule has 1 aromatic rings. The van der Waals surface area contributed by atoms with Gasteiger partial charge in [0.25, 0.3) is 0 Å². The Bertz CT molecular complexity index is 525. The summed E-state index contributed by atoms with van der Waals surface area (Å²) in [5.74, 6) is 0.478. The number of rotatable bonds is 3. The highest BCUT2D eigenvalue weighted by molar-refractivity contribution is 6.32. The molecule has 0 spiro atoms. The molecule has 0 radical (unpaired) electrons. The maximum Gasteiger partial charge on any atom is 0.316 e. The van der Waals surface area contributed by atoms with E-state index in [0.29, 0.717) is 10.8 Å². The minimum absolute atomic E-state index is 0.166. The van der Waals surface area contributed by atoms with Gasteiger partial charge in [0.05, 0.1) is 17.5 Å². The molecular weight excluding hydrogens is 288 g/mol. The predicted octanol–water partition coefficient (Wildman–Crippen LogP) is 4.50. The molecule has 0 aliphatic heterocycles. The van der Waals surface area contributed by atoms with Crippen LogP contribution in [0.3, 0.4) is 0 Å². The minimum Gasteiger partial charge on any atom is -0.487 e. The second kappa shape index (κ2) is 5.88. The normalized spacial score (nSPS) is 17.6. The maximum absolute atomic E-state index is 12.3. The molecule has 1 aliphatic carbocycles. The van der Waals surface area contributed by atoms with Crippen LogP contribution in [0.15, 0.2) is 18.2 Å². The summed E-state index contributed by atoms with van der Waals surface area (Å²) >= 11 is 6.35. The van der Waals surface area contributed by atoms with Gasteiger partial charge in [-0.15, -0.1) is 0 Å². The second-order valence-electron chi connectivity index (χ2n) is 6.64. The molecule has 0 saturated heterocycles. The standard InChI is InChI=1S/C17H23ClO3/c1-16(2,3)21-14-8-7-12(11-13(14)18)17(15(19)20-4)9-5-6-10-17/h7-8,11H,5-6,9-10H2,1-4H3. The zero-order valence-electron chi connectivity index (χ0n) is 13.2. The lowest BCUT2D eigenvalue weighted by Crippen LogP contribution is -2.34. The first kappa shape index (κ1) is 16.2. The fraction of sp³-hybridized carbons (Fsp3) is 0.588. The summed E-state index contributed by atoms with van der Waals surface area (Å²) in [5.41, 5.74) is 0.0788. The van der Waals surface area contributed by atoms with E-state index in [1.54, 1.807) is 0 Å². The predicted molar refractivity (Wildman–Crippen MR) is 84.0 cm³/mol. The molecule has 1 saturated carbocycles. The number of hydrogen-bond acceptors (Lipinski definition) is 3. The van der Waals surface area contributed by atoms with Crippen molar-refractivity contribution in [2.24, 2.45) is 0 Å². The van der Waals surface area contributed by atoms with Crippen LogP contribution in [0.4, 0.5) is 0 Å². The maximum atomic E-state index is 12.3. The highest BCUT2D eigenvalue weighted by Crippen LogP contribution is 2.44. The van der Waals surface area contributed by atoms with Gasteiger partial charge in [-0.05, 0) is 51.3 Å². The van der Waals surface area contributed by atoms with E-state index in [2.05, 4.69) is 0 Å². The molecule has 116 valence electrons. The third kappa shape index (κ3) is 3.34. The summed E-state index contributed by atoms with van der Waals surface area (Å²) in [6, 6.07) is 5.64. The highest BCUT2D eigenvalue weighted by Gasteiger charge is 2.44. The van der Waals surface area contributed by atoms with Crippen LogP contribution in [0.2, 0.25) is 5.02 Å². The number of benzene rings is 1. The van der Waals surface area contributed by atoms with Gasteiger partial charge in [-0.2, -0.15) is 0 Å². The largest absolute Gasteiger partial charge is 0.487 e. The smallest absolute Gasteiger partial charge is 0.316 e. The molecule has 0 atom stereocenters. The first-order valence-corrected chi connectivity index (χ1v) is 7.74. The van der Waals surface area contributed by atoms with Crippen molar-refractivity contribution in [2.45, 2.75) is 57.5 Å². The summed E-state index contributed by atoms with van der Waals surface area (Å²) in [4.78, 5) is 12.3. The average molecular weight is 311 g/mol. The van der Waals surface area contributed by atoms with Crippen molar-refractivity contribution >= 4 is 17.6 Å². The monoisotopic (exact) mass is 310 g/mol. The van der Waals surface area contributed by atoms with Crippen molar-refractivity contribution < 1.29 is 14.3 Å². The fourth-order valence-corrected chi connectivity index (χ4v) is 3.21. The second-order valence-corrected chi connectivity index (χ2v) is 7.05. The third-order valence-corrected chi connectivity index (χ3v) is 4.23. The van der Waals surface area contributed by atoms with Gasteiger partial charge >= 0.3 is 5.97 Å². The summed E-state index contributed by atoms with van der Waals surface area (Å²) in [7, 11) is 1.45. The van der Waals surface area contributed by atoms with Gasteiger partial charge in [0.1, 0.15) is 11.4 Å². The van der Waals surface area contributed by atoms with E-state index in [4.69, 9.17) is 21.1 Å². The minimum atomic E-state index is -0.543. The molecule has 1 fully saturated rings. The lowest BCUT2D eigenvalue weighted by Gasteiger charge is -2.28. The molecule has 0 aromatic heterocycles. The quantitative estimate of drug-likeness (QED) is 0.771. The van der Waals surface area contributed by atoms with Crippen LogP contribution in [0.25, 0.3) is 0 Å². The molecule has 1 aliphatic rings. The summed E-state index contributed by atoms with van der Waals surface area (Å²) in [5, 5.41) is 0.539. The Labute approximate surface area is 131 Å². The number of halogens is 1. The number of carbonyl (C=O) groups excluding carboxylic acids is 1. The third-order valence-electron chi connectivity index (χ3n) is 3.93. The van der Waals surface area contributed by atoms with E-state index in [9.17, 15) is 4.79 Å². The molecule has 0 N–H and O–H groups in total. The molecular formula is C17H23ClO3. The number of carbonyl (C=O) groups is 1. The van der Waals surface area contributed by atoms with E-state index in [1.807, 2.05) is 39.0 Å². The molecule has 1 aromatic carbocycles. The molecule has 0 heterocycles. The van der Waals surface area contributed by atoms with Gasteiger partial charge in [-0.3, -0.25) is 4.79 Å². The number of methoxy groups -OCH3 is 1. The number of hydrogen-bond donors (Lipinski definition) is 0.